The standard InChI is InChI=1S/C6H9NO2/c1-5(7)6-4-8-2-3-9-6/h2-5H,7H2,1H3. The number of nitrogens with two attached hydrogens (primary N) is 1. The Hall–Kier alpha value is -0.960. The Morgan fingerprint density at radius 1 is 1.56 bits per heavy atom. The molecule has 1 rings (SSSR count). The summed E-state index contributed by atoms with van der Waals surface area (Å²) in [6.07, 6.45) is 4.40. The molecule has 0 aliphatic carbocycles. The van der Waals surface area contributed by atoms with Crippen molar-refractivity contribution in [3.8, 4) is 0 Å². The highest BCUT2D eigenvalue weighted by Crippen LogP contribution is 2.07. The minimum absolute atomic E-state index is 0.102. The van der Waals surface area contributed by atoms with Gasteiger partial charge in [-0.3, -0.25) is 0 Å². The van der Waals surface area contributed by atoms with Gasteiger partial charge in [0.1, 0.15) is 18.8 Å². The van der Waals surface area contributed by atoms with E-state index in [-0.39, 0.29) is 6.04 Å². The van der Waals surface area contributed by atoms with Crippen molar-refractivity contribution in [2.45, 2.75) is 13.0 Å². The number of hydrogen-bond acceptors (Lipinski definition) is 3. The fraction of sp³-hybridized carbons (Fsp3) is 0.333. The number of rotatable bonds is 1. The average Bonchev–Trinajstić information content (AvgIpc) is 1.90. The lowest BCUT2D eigenvalue weighted by atomic mass is 10.3. The molecule has 1 aliphatic heterocycles. The van der Waals surface area contributed by atoms with Crippen LogP contribution in [-0.4, -0.2) is 6.04 Å². The summed E-state index contributed by atoms with van der Waals surface area (Å²) in [6.45, 7) is 1.83. The Morgan fingerprint density at radius 3 is 2.67 bits per heavy atom. The summed E-state index contributed by atoms with van der Waals surface area (Å²) in [4.78, 5) is 0. The normalized spacial score (nSPS) is 19.6. The van der Waals surface area contributed by atoms with Gasteiger partial charge in [-0.2, -0.15) is 0 Å². The molecule has 0 aromatic rings. The average molecular weight is 127 g/mol. The maximum atomic E-state index is 5.46. The highest BCUT2D eigenvalue weighted by Gasteiger charge is 2.05. The SMILES string of the molecule is CC(N)C1=COC=CO1. The zero-order valence-electron chi connectivity index (χ0n) is 5.20. The molecular formula is C6H9NO2. The number of ether oxygens (including phenoxy) is 2. The van der Waals surface area contributed by atoms with Crippen LogP contribution in [0.4, 0.5) is 0 Å². The van der Waals surface area contributed by atoms with E-state index in [2.05, 4.69) is 0 Å². The van der Waals surface area contributed by atoms with Gasteiger partial charge >= 0.3 is 0 Å². The third-order valence-electron chi connectivity index (χ3n) is 0.971. The quantitative estimate of drug-likeness (QED) is 0.563. The summed E-state index contributed by atoms with van der Waals surface area (Å²) in [5.41, 5.74) is 5.46. The van der Waals surface area contributed by atoms with Crippen molar-refractivity contribution in [2.24, 2.45) is 5.73 Å². The topological polar surface area (TPSA) is 44.5 Å². The molecule has 50 valence electrons. The van der Waals surface area contributed by atoms with Crippen LogP contribution in [0.15, 0.2) is 24.5 Å². The maximum Gasteiger partial charge on any atom is 0.155 e. The van der Waals surface area contributed by atoms with E-state index in [0.717, 1.165) is 0 Å². The highest BCUT2D eigenvalue weighted by molar-refractivity contribution is 5.01. The van der Waals surface area contributed by atoms with Crippen LogP contribution in [0, 0.1) is 0 Å². The molecule has 0 fully saturated rings. The Labute approximate surface area is 53.7 Å². The van der Waals surface area contributed by atoms with Crippen LogP contribution in [0.3, 0.4) is 0 Å². The van der Waals surface area contributed by atoms with Crippen LogP contribution in [0.2, 0.25) is 0 Å². The molecule has 1 aliphatic rings. The van der Waals surface area contributed by atoms with E-state index >= 15 is 0 Å². The van der Waals surface area contributed by atoms with Crippen molar-refractivity contribution >= 4 is 0 Å². The lowest BCUT2D eigenvalue weighted by Crippen LogP contribution is -2.19. The molecule has 0 spiro atoms. The molecule has 1 atom stereocenters. The Morgan fingerprint density at radius 2 is 2.33 bits per heavy atom. The van der Waals surface area contributed by atoms with Gasteiger partial charge in [0, 0.05) is 0 Å². The van der Waals surface area contributed by atoms with Crippen molar-refractivity contribution in [1.82, 2.24) is 0 Å². The monoisotopic (exact) mass is 127 g/mol. The smallest absolute Gasteiger partial charge is 0.155 e. The van der Waals surface area contributed by atoms with Gasteiger partial charge in [0.25, 0.3) is 0 Å². The van der Waals surface area contributed by atoms with Crippen molar-refractivity contribution in [2.75, 3.05) is 0 Å². The molecule has 0 saturated heterocycles. The Kier molecular flexibility index (Phi) is 1.75. The van der Waals surface area contributed by atoms with Crippen molar-refractivity contribution in [1.29, 1.82) is 0 Å². The molecule has 2 N–H and O–H groups in total. The third kappa shape index (κ3) is 1.47. The van der Waals surface area contributed by atoms with Gasteiger partial charge in [0.05, 0.1) is 6.04 Å². The largest absolute Gasteiger partial charge is 0.466 e. The van der Waals surface area contributed by atoms with Crippen LogP contribution < -0.4 is 5.73 Å². The molecule has 1 heterocycles. The van der Waals surface area contributed by atoms with Crippen molar-refractivity contribution in [3.05, 3.63) is 24.5 Å². The van der Waals surface area contributed by atoms with Gasteiger partial charge in [0.2, 0.25) is 0 Å². The molecular weight excluding hydrogens is 118 g/mol. The zero-order chi connectivity index (χ0) is 6.69. The van der Waals surface area contributed by atoms with Gasteiger partial charge in [-0.05, 0) is 6.92 Å². The van der Waals surface area contributed by atoms with Gasteiger partial charge in [-0.15, -0.1) is 0 Å². The maximum absolute atomic E-state index is 5.46. The molecule has 3 nitrogen and oxygen atoms in total. The van der Waals surface area contributed by atoms with Crippen LogP contribution in [0.1, 0.15) is 6.92 Å². The molecule has 0 aromatic heterocycles. The van der Waals surface area contributed by atoms with Gasteiger partial charge in [-0.25, -0.2) is 0 Å². The van der Waals surface area contributed by atoms with Crippen LogP contribution >= 0.6 is 0 Å². The molecule has 1 unspecified atom stereocenters. The minimum Gasteiger partial charge on any atom is -0.466 e. The predicted molar refractivity (Wildman–Crippen MR) is 33.0 cm³/mol. The second-order valence-corrected chi connectivity index (χ2v) is 1.83. The molecule has 0 aromatic carbocycles. The summed E-state index contributed by atoms with van der Waals surface area (Å²) in [6, 6.07) is -0.102. The van der Waals surface area contributed by atoms with E-state index in [0.29, 0.717) is 5.76 Å². The van der Waals surface area contributed by atoms with Crippen molar-refractivity contribution < 1.29 is 9.47 Å². The Balaban J connectivity index is 2.50. The van der Waals surface area contributed by atoms with E-state index in [4.69, 9.17) is 15.2 Å². The minimum atomic E-state index is -0.102. The molecule has 0 bridgehead atoms. The first kappa shape index (κ1) is 6.16. The van der Waals surface area contributed by atoms with E-state index in [1.165, 1.54) is 18.8 Å². The lowest BCUT2D eigenvalue weighted by Gasteiger charge is -2.11. The molecule has 0 radical (unpaired) electrons. The molecule has 9 heavy (non-hydrogen) atoms. The zero-order valence-corrected chi connectivity index (χ0v) is 5.20. The molecule has 3 heteroatoms. The second-order valence-electron chi connectivity index (χ2n) is 1.83. The summed E-state index contributed by atoms with van der Waals surface area (Å²) in [5, 5.41) is 0. The van der Waals surface area contributed by atoms with Crippen LogP contribution in [0.25, 0.3) is 0 Å². The van der Waals surface area contributed by atoms with Crippen LogP contribution in [0.5, 0.6) is 0 Å². The first-order chi connectivity index (χ1) is 4.30. The van der Waals surface area contributed by atoms with Crippen LogP contribution in [-0.2, 0) is 9.47 Å². The van der Waals surface area contributed by atoms with Gasteiger partial charge in [0.15, 0.2) is 5.76 Å². The Bertz CT molecular complexity index is 149. The van der Waals surface area contributed by atoms with E-state index in [1.807, 2.05) is 6.92 Å². The first-order valence-electron chi connectivity index (χ1n) is 2.73. The first-order valence-corrected chi connectivity index (χ1v) is 2.73. The highest BCUT2D eigenvalue weighted by atomic mass is 16.5. The molecule has 0 amide bonds. The summed E-state index contributed by atoms with van der Waals surface area (Å²) < 4.78 is 9.77. The van der Waals surface area contributed by atoms with E-state index < -0.39 is 0 Å². The fourth-order valence-corrected chi connectivity index (χ4v) is 0.487. The van der Waals surface area contributed by atoms with Gasteiger partial charge < -0.3 is 15.2 Å². The summed E-state index contributed by atoms with van der Waals surface area (Å²) in [5.74, 6) is 0.650. The third-order valence-corrected chi connectivity index (χ3v) is 0.971. The van der Waals surface area contributed by atoms with E-state index in [9.17, 15) is 0 Å². The summed E-state index contributed by atoms with van der Waals surface area (Å²) in [7, 11) is 0. The second kappa shape index (κ2) is 2.55. The van der Waals surface area contributed by atoms with Gasteiger partial charge in [-0.1, -0.05) is 0 Å². The number of hydrogen-bond donors (Lipinski definition) is 1. The van der Waals surface area contributed by atoms with Crippen molar-refractivity contribution in [3.63, 3.8) is 0 Å². The predicted octanol–water partition coefficient (Wildman–Crippen LogP) is 0.693. The fourth-order valence-electron chi connectivity index (χ4n) is 0.487. The van der Waals surface area contributed by atoms with E-state index in [1.54, 1.807) is 0 Å². The molecule has 0 saturated carbocycles. The summed E-state index contributed by atoms with van der Waals surface area (Å²) >= 11 is 0. The lowest BCUT2D eigenvalue weighted by molar-refractivity contribution is 0.240.